The summed E-state index contributed by atoms with van der Waals surface area (Å²) in [5.41, 5.74) is 0. The number of thioether (sulfide) groups is 1. The van der Waals surface area contributed by atoms with Gasteiger partial charge >= 0.3 is 0 Å². The molecule has 4 heteroatoms. The van der Waals surface area contributed by atoms with Gasteiger partial charge in [0.1, 0.15) is 0 Å². The molecule has 0 bridgehead atoms. The van der Waals surface area contributed by atoms with Crippen molar-refractivity contribution in [3.8, 4) is 0 Å². The molecular weight excluding hydrogens is 226 g/mol. The molecule has 2 atom stereocenters. The summed E-state index contributed by atoms with van der Waals surface area (Å²) in [5.74, 6) is 1.84. The van der Waals surface area contributed by atoms with E-state index in [0.717, 1.165) is 19.0 Å². The minimum Gasteiger partial charge on any atom is -0.381 e. The van der Waals surface area contributed by atoms with E-state index in [1.165, 1.54) is 10.6 Å². The molecule has 1 aromatic rings. The highest BCUT2D eigenvalue weighted by Gasteiger charge is 2.24. The van der Waals surface area contributed by atoms with E-state index in [9.17, 15) is 0 Å². The molecule has 1 fully saturated rings. The number of ether oxygens (including phenoxy) is 1. The lowest BCUT2D eigenvalue weighted by Gasteiger charge is -2.20. The molecule has 0 spiro atoms. The molecule has 0 aromatic carbocycles. The zero-order chi connectivity index (χ0) is 10.5. The van der Waals surface area contributed by atoms with Crippen LogP contribution < -0.4 is 5.32 Å². The van der Waals surface area contributed by atoms with Crippen LogP contribution >= 0.6 is 23.1 Å². The number of thiophene rings is 1. The van der Waals surface area contributed by atoms with E-state index in [1.54, 1.807) is 0 Å². The molecule has 0 saturated carbocycles. The Kier molecular flexibility index (Phi) is 4.50. The second-order valence-electron chi connectivity index (χ2n) is 3.76. The van der Waals surface area contributed by atoms with Crippen LogP contribution in [0.4, 0.5) is 0 Å². The summed E-state index contributed by atoms with van der Waals surface area (Å²) in [4.78, 5) is 0. The summed E-state index contributed by atoms with van der Waals surface area (Å²) in [6.45, 7) is 1.86. The normalized spacial score (nSPS) is 23.1. The van der Waals surface area contributed by atoms with Crippen LogP contribution in [0.2, 0.25) is 0 Å². The predicted octanol–water partition coefficient (Wildman–Crippen LogP) is 2.46. The molecule has 15 heavy (non-hydrogen) atoms. The third-order valence-electron chi connectivity index (χ3n) is 2.80. The molecule has 2 heterocycles. The highest BCUT2D eigenvalue weighted by molar-refractivity contribution is 8.01. The fourth-order valence-corrected chi connectivity index (χ4v) is 3.89. The predicted molar refractivity (Wildman–Crippen MR) is 66.8 cm³/mol. The Hall–Kier alpha value is -0.0300. The summed E-state index contributed by atoms with van der Waals surface area (Å²) in [7, 11) is 2.05. The highest BCUT2D eigenvalue weighted by atomic mass is 32.2. The van der Waals surface area contributed by atoms with Crippen molar-refractivity contribution in [3.63, 3.8) is 0 Å². The van der Waals surface area contributed by atoms with Gasteiger partial charge in [-0.2, -0.15) is 0 Å². The van der Waals surface area contributed by atoms with Gasteiger partial charge in [0.05, 0.1) is 10.8 Å². The van der Waals surface area contributed by atoms with Gasteiger partial charge in [-0.3, -0.25) is 0 Å². The number of nitrogens with one attached hydrogen (secondary N) is 1. The number of hydrogen-bond donors (Lipinski definition) is 1. The van der Waals surface area contributed by atoms with E-state index in [0.29, 0.717) is 12.0 Å². The second kappa shape index (κ2) is 5.89. The lowest BCUT2D eigenvalue weighted by atomic mass is 10.0. The van der Waals surface area contributed by atoms with Crippen molar-refractivity contribution in [1.82, 2.24) is 5.32 Å². The Morgan fingerprint density at radius 1 is 1.73 bits per heavy atom. The fourth-order valence-electron chi connectivity index (χ4n) is 1.84. The van der Waals surface area contributed by atoms with Gasteiger partial charge in [-0.15, -0.1) is 23.1 Å². The maximum Gasteiger partial charge on any atom is 0.0599 e. The number of hydrogen-bond acceptors (Lipinski definition) is 4. The van der Waals surface area contributed by atoms with E-state index >= 15 is 0 Å². The van der Waals surface area contributed by atoms with Crippen LogP contribution in [0.25, 0.3) is 0 Å². The molecule has 1 N–H and O–H groups in total. The smallest absolute Gasteiger partial charge is 0.0599 e. The average Bonchev–Trinajstić information content (AvgIpc) is 2.90. The lowest BCUT2D eigenvalue weighted by Crippen LogP contribution is -2.36. The van der Waals surface area contributed by atoms with Crippen LogP contribution in [0, 0.1) is 5.92 Å². The van der Waals surface area contributed by atoms with Gasteiger partial charge in [0.2, 0.25) is 0 Å². The van der Waals surface area contributed by atoms with Crippen molar-refractivity contribution >= 4 is 23.1 Å². The third-order valence-corrected chi connectivity index (χ3v) is 5.06. The average molecular weight is 243 g/mol. The van der Waals surface area contributed by atoms with Crippen molar-refractivity contribution in [1.29, 1.82) is 0 Å². The van der Waals surface area contributed by atoms with E-state index in [4.69, 9.17) is 4.74 Å². The first-order chi connectivity index (χ1) is 7.40. The molecular formula is C11H17NOS2. The first-order valence-electron chi connectivity index (χ1n) is 5.31. The monoisotopic (exact) mass is 243 g/mol. The van der Waals surface area contributed by atoms with Crippen molar-refractivity contribution in [2.45, 2.75) is 16.7 Å². The summed E-state index contributed by atoms with van der Waals surface area (Å²) < 4.78 is 6.84. The zero-order valence-corrected chi connectivity index (χ0v) is 10.6. The van der Waals surface area contributed by atoms with E-state index in [1.807, 2.05) is 23.1 Å². The Morgan fingerprint density at radius 3 is 3.27 bits per heavy atom. The van der Waals surface area contributed by atoms with Crippen molar-refractivity contribution in [3.05, 3.63) is 17.5 Å². The van der Waals surface area contributed by atoms with Crippen LogP contribution in [-0.2, 0) is 4.74 Å². The van der Waals surface area contributed by atoms with Gasteiger partial charge < -0.3 is 10.1 Å². The van der Waals surface area contributed by atoms with Crippen molar-refractivity contribution in [2.24, 2.45) is 5.92 Å². The largest absolute Gasteiger partial charge is 0.381 e. The lowest BCUT2D eigenvalue weighted by molar-refractivity contribution is 0.180. The third kappa shape index (κ3) is 3.21. The molecule has 0 radical (unpaired) electrons. The summed E-state index contributed by atoms with van der Waals surface area (Å²) in [6, 6.07) is 4.88. The Bertz CT molecular complexity index is 270. The minimum absolute atomic E-state index is 0.583. The molecule has 0 amide bonds. The van der Waals surface area contributed by atoms with Crippen LogP contribution in [0.3, 0.4) is 0 Å². The summed E-state index contributed by atoms with van der Waals surface area (Å²) >= 11 is 3.77. The Balaban J connectivity index is 1.80. The Labute approximate surface area is 99.4 Å². The Morgan fingerprint density at radius 2 is 2.67 bits per heavy atom. The van der Waals surface area contributed by atoms with Gasteiger partial charge in [0, 0.05) is 24.3 Å². The van der Waals surface area contributed by atoms with Gasteiger partial charge in [-0.25, -0.2) is 0 Å². The maximum absolute atomic E-state index is 5.43. The zero-order valence-electron chi connectivity index (χ0n) is 8.94. The molecule has 84 valence electrons. The molecule has 1 aliphatic heterocycles. The molecule has 2 nitrogen and oxygen atoms in total. The van der Waals surface area contributed by atoms with Gasteiger partial charge in [-0.05, 0) is 24.9 Å². The molecule has 1 saturated heterocycles. The van der Waals surface area contributed by atoms with Gasteiger partial charge in [0.15, 0.2) is 0 Å². The fraction of sp³-hybridized carbons (Fsp3) is 0.636. The second-order valence-corrected chi connectivity index (χ2v) is 6.03. The SMILES string of the molecule is CNC(CSc1cccs1)C1CCOC1. The van der Waals surface area contributed by atoms with E-state index < -0.39 is 0 Å². The molecule has 1 aromatic heterocycles. The quantitative estimate of drug-likeness (QED) is 0.803. The molecule has 0 aliphatic carbocycles. The summed E-state index contributed by atoms with van der Waals surface area (Å²) in [5, 5.41) is 5.54. The van der Waals surface area contributed by atoms with Crippen LogP contribution in [-0.4, -0.2) is 32.1 Å². The standard InChI is InChI=1S/C11H17NOS2/c1-12-10(9-4-5-13-7-9)8-15-11-3-2-6-14-11/h2-3,6,9-10,12H,4-5,7-8H2,1H3. The summed E-state index contributed by atoms with van der Waals surface area (Å²) in [6.07, 6.45) is 1.20. The van der Waals surface area contributed by atoms with Gasteiger partial charge in [0.25, 0.3) is 0 Å². The topological polar surface area (TPSA) is 21.3 Å². The molecule has 2 unspecified atom stereocenters. The minimum atomic E-state index is 0.583. The maximum atomic E-state index is 5.43. The molecule has 2 rings (SSSR count). The van der Waals surface area contributed by atoms with Crippen LogP contribution in [0.1, 0.15) is 6.42 Å². The van der Waals surface area contributed by atoms with E-state index in [2.05, 4.69) is 29.9 Å². The van der Waals surface area contributed by atoms with Crippen LogP contribution in [0.15, 0.2) is 21.7 Å². The van der Waals surface area contributed by atoms with Crippen LogP contribution in [0.5, 0.6) is 0 Å². The highest BCUT2D eigenvalue weighted by Crippen LogP contribution is 2.27. The first-order valence-corrected chi connectivity index (χ1v) is 7.18. The number of rotatable bonds is 5. The first kappa shape index (κ1) is 11.5. The molecule has 1 aliphatic rings. The van der Waals surface area contributed by atoms with Crippen molar-refractivity contribution in [2.75, 3.05) is 26.0 Å². The van der Waals surface area contributed by atoms with Gasteiger partial charge in [-0.1, -0.05) is 6.07 Å². The van der Waals surface area contributed by atoms with E-state index in [-0.39, 0.29) is 0 Å². The van der Waals surface area contributed by atoms with Crippen molar-refractivity contribution < 1.29 is 4.74 Å².